The lowest BCUT2D eigenvalue weighted by molar-refractivity contribution is 0.295. The molecule has 0 unspecified atom stereocenters. The molecule has 0 fully saturated rings. The van der Waals surface area contributed by atoms with Crippen LogP contribution in [0.3, 0.4) is 0 Å². The number of ether oxygens (including phenoxy) is 1. The van der Waals surface area contributed by atoms with E-state index in [1.54, 1.807) is 24.5 Å². The van der Waals surface area contributed by atoms with E-state index in [0.717, 1.165) is 21.5 Å². The molecule has 0 radical (unpaired) electrons. The molecule has 3 rings (SSSR count). The number of hydrogen-bond donors (Lipinski definition) is 1. The van der Waals surface area contributed by atoms with Gasteiger partial charge in [-0.2, -0.15) is 0 Å². The molecule has 3 nitrogen and oxygen atoms in total. The van der Waals surface area contributed by atoms with Gasteiger partial charge in [0.2, 0.25) is 0 Å². The highest BCUT2D eigenvalue weighted by molar-refractivity contribution is 9.10. The second-order valence-corrected chi connectivity index (χ2v) is 6.23. The van der Waals surface area contributed by atoms with Gasteiger partial charge in [0.1, 0.15) is 23.9 Å². The lowest BCUT2D eigenvalue weighted by Gasteiger charge is -2.13. The number of halogens is 2. The molecule has 2 aromatic carbocycles. The van der Waals surface area contributed by atoms with Gasteiger partial charge >= 0.3 is 0 Å². The molecule has 24 heavy (non-hydrogen) atoms. The van der Waals surface area contributed by atoms with E-state index in [1.165, 1.54) is 6.07 Å². The van der Waals surface area contributed by atoms with Crippen molar-refractivity contribution in [1.29, 1.82) is 0 Å². The lowest BCUT2D eigenvalue weighted by atomic mass is 10.2. The smallest absolute Gasteiger partial charge is 0.129 e. The standard InChI is InChI=1S/C19H17BrFNO2/c20-16-7-8-19(24-13-14-4-1-2-6-18(14)21)15(10-16)11-22-12-17-5-3-9-23-17/h1-10,22H,11-13H2. The summed E-state index contributed by atoms with van der Waals surface area (Å²) in [5, 5.41) is 3.31. The van der Waals surface area contributed by atoms with Crippen LogP contribution in [-0.4, -0.2) is 0 Å². The van der Waals surface area contributed by atoms with Gasteiger partial charge in [-0.1, -0.05) is 34.1 Å². The summed E-state index contributed by atoms with van der Waals surface area (Å²) >= 11 is 3.47. The topological polar surface area (TPSA) is 34.4 Å². The first-order valence-corrected chi connectivity index (χ1v) is 8.39. The third kappa shape index (κ3) is 4.46. The van der Waals surface area contributed by atoms with Crippen LogP contribution < -0.4 is 10.1 Å². The maximum Gasteiger partial charge on any atom is 0.129 e. The lowest BCUT2D eigenvalue weighted by Crippen LogP contribution is -2.13. The maximum absolute atomic E-state index is 13.7. The number of nitrogens with one attached hydrogen (secondary N) is 1. The van der Waals surface area contributed by atoms with Crippen LogP contribution in [-0.2, 0) is 19.7 Å². The first kappa shape index (κ1) is 16.7. The Bertz CT molecular complexity index is 790. The quantitative estimate of drug-likeness (QED) is 0.613. The Hall–Kier alpha value is -2.11. The molecule has 0 amide bonds. The fourth-order valence-corrected chi connectivity index (χ4v) is 2.74. The summed E-state index contributed by atoms with van der Waals surface area (Å²) < 4.78 is 25.8. The van der Waals surface area contributed by atoms with Crippen molar-refractivity contribution in [1.82, 2.24) is 5.32 Å². The fraction of sp³-hybridized carbons (Fsp3) is 0.158. The zero-order valence-electron chi connectivity index (χ0n) is 13.0. The van der Waals surface area contributed by atoms with Crippen LogP contribution in [0, 0.1) is 5.82 Å². The van der Waals surface area contributed by atoms with Crippen molar-refractivity contribution < 1.29 is 13.5 Å². The minimum absolute atomic E-state index is 0.194. The van der Waals surface area contributed by atoms with Crippen LogP contribution in [0.4, 0.5) is 4.39 Å². The van der Waals surface area contributed by atoms with Crippen molar-refractivity contribution >= 4 is 15.9 Å². The number of furan rings is 1. The van der Waals surface area contributed by atoms with Crippen molar-refractivity contribution in [3.05, 3.63) is 88.0 Å². The molecule has 0 aliphatic rings. The molecule has 0 bridgehead atoms. The van der Waals surface area contributed by atoms with Crippen molar-refractivity contribution in [2.75, 3.05) is 0 Å². The van der Waals surface area contributed by atoms with Crippen molar-refractivity contribution in [2.45, 2.75) is 19.7 Å². The average Bonchev–Trinajstić information content (AvgIpc) is 3.09. The summed E-state index contributed by atoms with van der Waals surface area (Å²) in [6, 6.07) is 16.2. The van der Waals surface area contributed by atoms with Gasteiger partial charge in [0.25, 0.3) is 0 Å². The fourth-order valence-electron chi connectivity index (χ4n) is 2.33. The van der Waals surface area contributed by atoms with Gasteiger partial charge in [0, 0.05) is 22.1 Å². The highest BCUT2D eigenvalue weighted by atomic mass is 79.9. The first-order valence-electron chi connectivity index (χ1n) is 7.60. The summed E-state index contributed by atoms with van der Waals surface area (Å²) in [4.78, 5) is 0. The molecule has 0 aliphatic heterocycles. The molecule has 1 heterocycles. The SMILES string of the molecule is Fc1ccccc1COc1ccc(Br)cc1CNCc1ccco1. The Morgan fingerprint density at radius 3 is 2.67 bits per heavy atom. The van der Waals surface area contributed by atoms with Gasteiger partial charge in [-0.3, -0.25) is 0 Å². The van der Waals surface area contributed by atoms with Crippen molar-refractivity contribution in [2.24, 2.45) is 0 Å². The first-order chi connectivity index (χ1) is 11.7. The van der Waals surface area contributed by atoms with E-state index in [9.17, 15) is 4.39 Å². The van der Waals surface area contributed by atoms with Crippen LogP contribution in [0.25, 0.3) is 0 Å². The largest absolute Gasteiger partial charge is 0.488 e. The van der Waals surface area contributed by atoms with Gasteiger partial charge in [-0.05, 0) is 36.4 Å². The predicted molar refractivity (Wildman–Crippen MR) is 94.1 cm³/mol. The van der Waals surface area contributed by atoms with Crippen molar-refractivity contribution in [3.8, 4) is 5.75 Å². The molecule has 1 aromatic heterocycles. The number of benzene rings is 2. The van der Waals surface area contributed by atoms with Gasteiger partial charge in [0.05, 0.1) is 12.8 Å². The molecule has 1 N–H and O–H groups in total. The molecular weight excluding hydrogens is 373 g/mol. The van der Waals surface area contributed by atoms with Crippen LogP contribution in [0.5, 0.6) is 5.75 Å². The second kappa shape index (κ2) is 8.13. The van der Waals surface area contributed by atoms with Crippen LogP contribution >= 0.6 is 15.9 Å². The zero-order valence-corrected chi connectivity index (χ0v) is 14.6. The monoisotopic (exact) mass is 389 g/mol. The molecule has 0 aliphatic carbocycles. The molecule has 124 valence electrons. The number of hydrogen-bond acceptors (Lipinski definition) is 3. The molecule has 0 atom stereocenters. The summed E-state index contributed by atoms with van der Waals surface area (Å²) in [6.45, 7) is 1.44. The summed E-state index contributed by atoms with van der Waals surface area (Å²) in [5.41, 5.74) is 1.53. The summed E-state index contributed by atoms with van der Waals surface area (Å²) in [6.07, 6.45) is 1.65. The summed E-state index contributed by atoms with van der Waals surface area (Å²) in [7, 11) is 0. The van der Waals surface area contributed by atoms with E-state index in [1.807, 2.05) is 30.3 Å². The van der Waals surface area contributed by atoms with Gasteiger partial charge in [0.15, 0.2) is 0 Å². The van der Waals surface area contributed by atoms with Crippen LogP contribution in [0.1, 0.15) is 16.9 Å². The molecule has 3 aromatic rings. The third-order valence-electron chi connectivity index (χ3n) is 3.56. The van der Waals surface area contributed by atoms with E-state index in [0.29, 0.717) is 18.7 Å². The Morgan fingerprint density at radius 2 is 1.88 bits per heavy atom. The maximum atomic E-state index is 13.7. The Morgan fingerprint density at radius 1 is 1.00 bits per heavy atom. The zero-order chi connectivity index (χ0) is 16.8. The third-order valence-corrected chi connectivity index (χ3v) is 4.05. The molecule has 0 saturated heterocycles. The van der Waals surface area contributed by atoms with Crippen molar-refractivity contribution in [3.63, 3.8) is 0 Å². The minimum atomic E-state index is -0.257. The molecular formula is C19H17BrFNO2. The Kier molecular flexibility index (Phi) is 5.67. The Balaban J connectivity index is 1.65. The Labute approximate surface area is 148 Å². The number of rotatable bonds is 7. The predicted octanol–water partition coefficient (Wildman–Crippen LogP) is 5.05. The molecule has 0 spiro atoms. The molecule has 0 saturated carbocycles. The minimum Gasteiger partial charge on any atom is -0.488 e. The van der Waals surface area contributed by atoms with Gasteiger partial charge in [-0.25, -0.2) is 4.39 Å². The summed E-state index contributed by atoms with van der Waals surface area (Å²) in [5.74, 6) is 1.35. The van der Waals surface area contributed by atoms with E-state index in [4.69, 9.17) is 9.15 Å². The normalized spacial score (nSPS) is 10.8. The molecule has 5 heteroatoms. The van der Waals surface area contributed by atoms with E-state index in [2.05, 4.69) is 21.2 Å². The highest BCUT2D eigenvalue weighted by Crippen LogP contribution is 2.24. The van der Waals surface area contributed by atoms with E-state index < -0.39 is 0 Å². The van der Waals surface area contributed by atoms with E-state index >= 15 is 0 Å². The van der Waals surface area contributed by atoms with Gasteiger partial charge in [-0.15, -0.1) is 0 Å². The van der Waals surface area contributed by atoms with Gasteiger partial charge < -0.3 is 14.5 Å². The van der Waals surface area contributed by atoms with E-state index in [-0.39, 0.29) is 12.4 Å². The highest BCUT2D eigenvalue weighted by Gasteiger charge is 2.07. The second-order valence-electron chi connectivity index (χ2n) is 5.32. The van der Waals surface area contributed by atoms with Crippen LogP contribution in [0.2, 0.25) is 0 Å². The average molecular weight is 390 g/mol. The van der Waals surface area contributed by atoms with Crippen LogP contribution in [0.15, 0.2) is 69.8 Å².